The molecule has 2 fully saturated rings. The monoisotopic (exact) mass is 260 g/mol. The van der Waals surface area contributed by atoms with E-state index in [1.165, 1.54) is 5.56 Å². The largest absolute Gasteiger partial charge is 0.390 e. The number of aliphatic hydroxyl groups is 1. The summed E-state index contributed by atoms with van der Waals surface area (Å²) in [6, 6.07) is 10.1. The van der Waals surface area contributed by atoms with Crippen molar-refractivity contribution in [2.24, 2.45) is 5.92 Å². The Morgan fingerprint density at radius 1 is 1.32 bits per heavy atom. The first-order valence-electron chi connectivity index (χ1n) is 6.89. The van der Waals surface area contributed by atoms with Gasteiger partial charge in [-0.1, -0.05) is 30.3 Å². The minimum absolute atomic E-state index is 0.0791. The van der Waals surface area contributed by atoms with Gasteiger partial charge >= 0.3 is 0 Å². The number of nitrogens with zero attached hydrogens (tertiary/aromatic N) is 1. The molecule has 1 amide bonds. The van der Waals surface area contributed by atoms with E-state index in [2.05, 4.69) is 17.4 Å². The molecule has 0 aromatic heterocycles. The maximum atomic E-state index is 12.4. The van der Waals surface area contributed by atoms with Gasteiger partial charge in [0.05, 0.1) is 12.1 Å². The van der Waals surface area contributed by atoms with Gasteiger partial charge in [-0.2, -0.15) is 0 Å². The third kappa shape index (κ3) is 2.38. The van der Waals surface area contributed by atoms with Crippen molar-refractivity contribution in [3.63, 3.8) is 0 Å². The normalized spacial score (nSPS) is 33.2. The van der Waals surface area contributed by atoms with Crippen molar-refractivity contribution >= 4 is 5.91 Å². The SMILES string of the molecule is CN(C(=O)C1CC1c1ccccc1)[C@H]1CNC[C@@H]1O. The molecule has 1 saturated heterocycles. The van der Waals surface area contributed by atoms with Crippen LogP contribution in [0, 0.1) is 5.92 Å². The summed E-state index contributed by atoms with van der Waals surface area (Å²) in [7, 11) is 1.81. The Bertz CT molecular complexity index is 462. The maximum absolute atomic E-state index is 12.4. The van der Waals surface area contributed by atoms with E-state index in [4.69, 9.17) is 0 Å². The summed E-state index contributed by atoms with van der Waals surface area (Å²) in [4.78, 5) is 14.1. The van der Waals surface area contributed by atoms with Gasteiger partial charge in [0, 0.05) is 26.1 Å². The molecule has 4 nitrogen and oxygen atoms in total. The van der Waals surface area contributed by atoms with Crippen LogP contribution in [0.25, 0.3) is 0 Å². The van der Waals surface area contributed by atoms with Gasteiger partial charge in [0.25, 0.3) is 0 Å². The Morgan fingerprint density at radius 3 is 2.68 bits per heavy atom. The molecule has 1 aromatic carbocycles. The molecule has 0 bridgehead atoms. The van der Waals surface area contributed by atoms with Crippen molar-refractivity contribution in [1.82, 2.24) is 10.2 Å². The first-order valence-corrected chi connectivity index (χ1v) is 6.89. The number of benzene rings is 1. The van der Waals surface area contributed by atoms with Crippen molar-refractivity contribution in [3.8, 4) is 0 Å². The first-order chi connectivity index (χ1) is 9.18. The van der Waals surface area contributed by atoms with Gasteiger partial charge in [-0.25, -0.2) is 0 Å². The number of rotatable bonds is 3. The van der Waals surface area contributed by atoms with Crippen LogP contribution in [0.4, 0.5) is 0 Å². The molecular formula is C15H20N2O2. The second-order valence-corrected chi connectivity index (χ2v) is 5.60. The van der Waals surface area contributed by atoms with E-state index in [0.717, 1.165) is 6.42 Å². The molecule has 4 atom stereocenters. The van der Waals surface area contributed by atoms with Crippen LogP contribution < -0.4 is 5.32 Å². The molecule has 0 radical (unpaired) electrons. The van der Waals surface area contributed by atoms with E-state index >= 15 is 0 Å². The zero-order valence-electron chi connectivity index (χ0n) is 11.1. The van der Waals surface area contributed by atoms with Gasteiger partial charge in [0.15, 0.2) is 0 Å². The van der Waals surface area contributed by atoms with Crippen LogP contribution in [0.5, 0.6) is 0 Å². The van der Waals surface area contributed by atoms with Gasteiger partial charge in [-0.15, -0.1) is 0 Å². The van der Waals surface area contributed by atoms with Crippen molar-refractivity contribution < 1.29 is 9.90 Å². The maximum Gasteiger partial charge on any atom is 0.226 e. The Balaban J connectivity index is 1.63. The van der Waals surface area contributed by atoms with Crippen molar-refractivity contribution in [2.45, 2.75) is 24.5 Å². The highest BCUT2D eigenvalue weighted by atomic mass is 16.3. The van der Waals surface area contributed by atoms with E-state index in [0.29, 0.717) is 19.0 Å². The summed E-state index contributed by atoms with van der Waals surface area (Å²) in [6.07, 6.45) is 0.492. The Hall–Kier alpha value is -1.39. The van der Waals surface area contributed by atoms with E-state index in [-0.39, 0.29) is 17.9 Å². The summed E-state index contributed by atoms with van der Waals surface area (Å²) in [5, 5.41) is 13.0. The minimum atomic E-state index is -0.442. The van der Waals surface area contributed by atoms with Crippen LogP contribution >= 0.6 is 0 Å². The van der Waals surface area contributed by atoms with Gasteiger partial charge in [-0.05, 0) is 17.9 Å². The van der Waals surface area contributed by atoms with Crippen molar-refractivity contribution in [3.05, 3.63) is 35.9 Å². The quantitative estimate of drug-likeness (QED) is 0.836. The third-order valence-corrected chi connectivity index (χ3v) is 4.33. The summed E-state index contributed by atoms with van der Waals surface area (Å²) >= 11 is 0. The molecule has 19 heavy (non-hydrogen) atoms. The minimum Gasteiger partial charge on any atom is -0.390 e. The molecule has 1 saturated carbocycles. The fourth-order valence-corrected chi connectivity index (χ4v) is 3.01. The lowest BCUT2D eigenvalue weighted by atomic mass is 10.1. The Labute approximate surface area is 113 Å². The molecule has 4 heteroatoms. The van der Waals surface area contributed by atoms with Crippen LogP contribution in [-0.4, -0.2) is 48.2 Å². The predicted octanol–water partition coefficient (Wildman–Crippen LogP) is 0.581. The number of carbonyl (C=O) groups is 1. The zero-order valence-corrected chi connectivity index (χ0v) is 11.1. The fourth-order valence-electron chi connectivity index (χ4n) is 3.01. The van der Waals surface area contributed by atoms with Crippen molar-refractivity contribution in [2.75, 3.05) is 20.1 Å². The molecule has 0 spiro atoms. The second kappa shape index (κ2) is 4.94. The molecule has 102 valence electrons. The molecule has 2 unspecified atom stereocenters. The van der Waals surface area contributed by atoms with Crippen LogP contribution in [-0.2, 0) is 4.79 Å². The van der Waals surface area contributed by atoms with Crippen LogP contribution in [0.15, 0.2) is 30.3 Å². The number of hydrogen-bond donors (Lipinski definition) is 2. The molecule has 3 rings (SSSR count). The standard InChI is InChI=1S/C15H20N2O2/c1-17(13-8-16-9-14(13)18)15(19)12-7-11(12)10-5-3-2-4-6-10/h2-6,11-14,16,18H,7-9H2,1H3/t11?,12?,13-,14-/m0/s1. The number of nitrogens with one attached hydrogen (secondary N) is 1. The number of β-amino-alcohol motifs (C(OH)–C–C–N with tert-alkyl or cyclic N) is 1. The summed E-state index contributed by atoms with van der Waals surface area (Å²) in [6.45, 7) is 1.27. The lowest BCUT2D eigenvalue weighted by Gasteiger charge is -2.26. The van der Waals surface area contributed by atoms with E-state index < -0.39 is 6.10 Å². The number of hydrogen-bond acceptors (Lipinski definition) is 3. The summed E-state index contributed by atoms with van der Waals surface area (Å²) in [5.74, 6) is 0.629. The number of amides is 1. The van der Waals surface area contributed by atoms with Gasteiger partial charge < -0.3 is 15.3 Å². The summed E-state index contributed by atoms with van der Waals surface area (Å²) in [5.41, 5.74) is 1.25. The van der Waals surface area contributed by atoms with Gasteiger partial charge in [-0.3, -0.25) is 4.79 Å². The first kappa shape index (κ1) is 12.6. The molecule has 1 heterocycles. The Kier molecular flexibility index (Phi) is 3.29. The zero-order chi connectivity index (χ0) is 13.4. The lowest BCUT2D eigenvalue weighted by molar-refractivity contribution is -0.134. The second-order valence-electron chi connectivity index (χ2n) is 5.60. The third-order valence-electron chi connectivity index (χ3n) is 4.33. The number of aliphatic hydroxyl groups excluding tert-OH is 1. The molecule has 1 aliphatic heterocycles. The van der Waals surface area contributed by atoms with E-state index in [1.807, 2.05) is 25.2 Å². The molecule has 1 aromatic rings. The number of carbonyl (C=O) groups excluding carboxylic acids is 1. The van der Waals surface area contributed by atoms with E-state index in [9.17, 15) is 9.90 Å². The van der Waals surface area contributed by atoms with E-state index in [1.54, 1.807) is 4.90 Å². The Morgan fingerprint density at radius 2 is 2.05 bits per heavy atom. The van der Waals surface area contributed by atoms with Gasteiger partial charge in [0.1, 0.15) is 0 Å². The lowest BCUT2D eigenvalue weighted by Crippen LogP contribution is -2.45. The highest BCUT2D eigenvalue weighted by molar-refractivity contribution is 5.83. The summed E-state index contributed by atoms with van der Waals surface area (Å²) < 4.78 is 0. The smallest absolute Gasteiger partial charge is 0.226 e. The van der Waals surface area contributed by atoms with Crippen LogP contribution in [0.1, 0.15) is 17.9 Å². The molecule has 2 N–H and O–H groups in total. The highest BCUT2D eigenvalue weighted by Crippen LogP contribution is 2.48. The topological polar surface area (TPSA) is 52.6 Å². The molecule has 1 aliphatic carbocycles. The predicted molar refractivity (Wildman–Crippen MR) is 72.7 cm³/mol. The molecule has 2 aliphatic rings. The molecular weight excluding hydrogens is 240 g/mol. The average Bonchev–Trinajstić information content (AvgIpc) is 3.13. The average molecular weight is 260 g/mol. The van der Waals surface area contributed by atoms with Crippen LogP contribution in [0.3, 0.4) is 0 Å². The highest BCUT2D eigenvalue weighted by Gasteiger charge is 2.47. The van der Waals surface area contributed by atoms with Gasteiger partial charge in [0.2, 0.25) is 5.91 Å². The fraction of sp³-hybridized carbons (Fsp3) is 0.533. The number of likely N-dealkylation sites (N-methyl/N-ethyl adjacent to an activating group) is 1. The van der Waals surface area contributed by atoms with Crippen LogP contribution in [0.2, 0.25) is 0 Å². The van der Waals surface area contributed by atoms with Crippen molar-refractivity contribution in [1.29, 1.82) is 0 Å².